The van der Waals surface area contributed by atoms with E-state index in [4.69, 9.17) is 9.79 Å². The van der Waals surface area contributed by atoms with Crippen LogP contribution in [-0.2, 0) is 9.09 Å². The molecule has 1 rings (SSSR count). The molecule has 1 aromatic rings. The SMILES string of the molecule is Cc1c(C([O-])OP(=O)(O)O)c[n+]([O-])c(C)c1O. The molecule has 0 aliphatic heterocycles. The van der Waals surface area contributed by atoms with Crippen molar-refractivity contribution < 1.29 is 33.8 Å². The lowest BCUT2D eigenvalue weighted by Gasteiger charge is -2.24. The fourth-order valence-corrected chi connectivity index (χ4v) is 1.61. The highest BCUT2D eigenvalue weighted by Gasteiger charge is 2.22. The first-order chi connectivity index (χ1) is 7.63. The quantitative estimate of drug-likeness (QED) is 0.278. The van der Waals surface area contributed by atoms with E-state index in [1.54, 1.807) is 0 Å². The van der Waals surface area contributed by atoms with Gasteiger partial charge in [-0.1, -0.05) is 0 Å². The summed E-state index contributed by atoms with van der Waals surface area (Å²) in [7, 11) is -4.95. The summed E-state index contributed by atoms with van der Waals surface area (Å²) in [6.45, 7) is 2.67. The van der Waals surface area contributed by atoms with Crippen molar-refractivity contribution in [2.24, 2.45) is 0 Å². The smallest absolute Gasteiger partial charge is 0.468 e. The fourth-order valence-electron chi connectivity index (χ4n) is 1.25. The Morgan fingerprint density at radius 1 is 1.47 bits per heavy atom. The predicted molar refractivity (Wildman–Crippen MR) is 52.4 cm³/mol. The molecule has 0 saturated heterocycles. The van der Waals surface area contributed by atoms with Gasteiger partial charge in [0.25, 0.3) is 0 Å². The van der Waals surface area contributed by atoms with E-state index in [-0.39, 0.29) is 21.6 Å². The minimum absolute atomic E-state index is 0.0189. The van der Waals surface area contributed by atoms with Crippen LogP contribution in [0.15, 0.2) is 6.20 Å². The molecule has 1 aromatic heterocycles. The summed E-state index contributed by atoms with van der Waals surface area (Å²) in [5, 5.41) is 32.2. The summed E-state index contributed by atoms with van der Waals surface area (Å²) in [5.41, 5.74) is -0.302. The van der Waals surface area contributed by atoms with Crippen molar-refractivity contribution in [1.29, 1.82) is 0 Å². The van der Waals surface area contributed by atoms with Crippen molar-refractivity contribution in [3.63, 3.8) is 0 Å². The highest BCUT2D eigenvalue weighted by Crippen LogP contribution is 2.41. The van der Waals surface area contributed by atoms with Crippen LogP contribution in [0, 0.1) is 19.1 Å². The van der Waals surface area contributed by atoms with Crippen LogP contribution in [0.5, 0.6) is 5.75 Å². The highest BCUT2D eigenvalue weighted by molar-refractivity contribution is 7.46. The van der Waals surface area contributed by atoms with E-state index in [1.165, 1.54) is 13.8 Å². The van der Waals surface area contributed by atoms with E-state index < -0.39 is 19.9 Å². The molecule has 0 aromatic carbocycles. The molecule has 1 unspecified atom stereocenters. The summed E-state index contributed by atoms with van der Waals surface area (Å²) in [5.74, 6) is -0.410. The zero-order chi connectivity index (χ0) is 13.4. The maximum absolute atomic E-state index is 11.4. The van der Waals surface area contributed by atoms with Crippen LogP contribution in [0.2, 0.25) is 0 Å². The summed E-state index contributed by atoms with van der Waals surface area (Å²) in [4.78, 5) is 16.9. The Morgan fingerprint density at radius 3 is 2.47 bits per heavy atom. The van der Waals surface area contributed by atoms with Gasteiger partial charge in [0.05, 0.1) is 0 Å². The number of hydrogen-bond donors (Lipinski definition) is 3. The van der Waals surface area contributed by atoms with Gasteiger partial charge in [-0.25, -0.2) is 4.57 Å². The standard InChI is InChI=1S/C8H11NO7P/c1-4-6(8(11)16-17(13,14)15)3-9(12)5(2)7(4)10/h3,8,10H,1-2H3,(H2,13,14,15)/q-1. The van der Waals surface area contributed by atoms with Gasteiger partial charge >= 0.3 is 7.82 Å². The molecular formula is C8H11NO7P-. The van der Waals surface area contributed by atoms with Crippen molar-refractivity contribution >= 4 is 7.82 Å². The first kappa shape index (κ1) is 13.9. The second-order valence-corrected chi connectivity index (χ2v) is 4.59. The normalized spacial score (nSPS) is 13.7. The molecule has 1 atom stereocenters. The van der Waals surface area contributed by atoms with Crippen LogP contribution >= 0.6 is 7.82 Å². The second-order valence-electron chi connectivity index (χ2n) is 3.40. The molecule has 0 fully saturated rings. The van der Waals surface area contributed by atoms with Crippen molar-refractivity contribution in [1.82, 2.24) is 0 Å². The third-order valence-corrected chi connectivity index (χ3v) is 2.67. The molecule has 17 heavy (non-hydrogen) atoms. The molecule has 0 bridgehead atoms. The van der Waals surface area contributed by atoms with Crippen LogP contribution in [0.4, 0.5) is 0 Å². The Balaban J connectivity index is 3.19. The van der Waals surface area contributed by atoms with Crippen LogP contribution in [0.3, 0.4) is 0 Å². The number of phosphoric ester groups is 1. The Kier molecular flexibility index (Phi) is 3.75. The predicted octanol–water partition coefficient (Wildman–Crippen LogP) is -0.889. The first-order valence-corrected chi connectivity index (χ1v) is 5.98. The number of nitrogens with zero attached hydrogens (tertiary/aromatic N) is 1. The fraction of sp³-hybridized carbons (Fsp3) is 0.375. The van der Waals surface area contributed by atoms with E-state index in [1.807, 2.05) is 0 Å². The third-order valence-electron chi connectivity index (χ3n) is 2.20. The minimum Gasteiger partial charge on any atom is -0.827 e. The Morgan fingerprint density at radius 2 is 2.00 bits per heavy atom. The second kappa shape index (κ2) is 4.59. The number of rotatable bonds is 3. The lowest BCUT2D eigenvalue weighted by molar-refractivity contribution is -0.615. The van der Waals surface area contributed by atoms with E-state index in [0.29, 0.717) is 0 Å². The summed E-state index contributed by atoms with van der Waals surface area (Å²) in [6.07, 6.45) is -1.43. The number of phosphoric acid groups is 1. The maximum Gasteiger partial charge on any atom is 0.468 e. The van der Waals surface area contributed by atoms with Crippen molar-refractivity contribution in [2.75, 3.05) is 0 Å². The summed E-state index contributed by atoms with van der Waals surface area (Å²) in [6, 6.07) is 0. The molecule has 0 amide bonds. The maximum atomic E-state index is 11.4. The van der Waals surface area contributed by atoms with Crippen LogP contribution in [-0.4, -0.2) is 14.9 Å². The lowest BCUT2D eigenvalue weighted by atomic mass is 10.1. The van der Waals surface area contributed by atoms with Gasteiger partial charge < -0.3 is 25.2 Å². The zero-order valence-electron chi connectivity index (χ0n) is 9.02. The van der Waals surface area contributed by atoms with Gasteiger partial charge in [-0.05, 0) is 6.92 Å². The molecule has 0 spiro atoms. The number of hydrogen-bond acceptors (Lipinski definition) is 5. The average molecular weight is 264 g/mol. The van der Waals surface area contributed by atoms with Crippen molar-refractivity contribution in [2.45, 2.75) is 20.1 Å². The van der Waals surface area contributed by atoms with Crippen molar-refractivity contribution in [3.05, 3.63) is 28.2 Å². The first-order valence-electron chi connectivity index (χ1n) is 4.45. The van der Waals surface area contributed by atoms with Gasteiger partial charge in [-0.2, -0.15) is 4.73 Å². The van der Waals surface area contributed by atoms with Crippen molar-refractivity contribution in [3.8, 4) is 5.75 Å². The van der Waals surface area contributed by atoms with Gasteiger partial charge in [0.2, 0.25) is 5.69 Å². The minimum atomic E-state index is -4.95. The molecule has 0 radical (unpaired) electrons. The summed E-state index contributed by atoms with van der Waals surface area (Å²) >= 11 is 0. The molecule has 1 heterocycles. The number of aromatic hydroxyl groups is 1. The molecule has 8 nitrogen and oxygen atoms in total. The zero-order valence-corrected chi connectivity index (χ0v) is 9.92. The highest BCUT2D eigenvalue weighted by atomic mass is 31.2. The van der Waals surface area contributed by atoms with Crippen LogP contribution in [0.25, 0.3) is 0 Å². The van der Waals surface area contributed by atoms with Gasteiger partial charge in [0.1, 0.15) is 0 Å². The largest absolute Gasteiger partial charge is 0.827 e. The van der Waals surface area contributed by atoms with Gasteiger partial charge in [-0.15, -0.1) is 0 Å². The Bertz CT molecular complexity index is 483. The van der Waals surface area contributed by atoms with Crippen LogP contribution in [0.1, 0.15) is 23.1 Å². The average Bonchev–Trinajstić information content (AvgIpc) is 2.17. The molecule has 9 heteroatoms. The molecular weight excluding hydrogens is 253 g/mol. The van der Waals surface area contributed by atoms with E-state index in [9.17, 15) is 20.0 Å². The van der Waals surface area contributed by atoms with E-state index >= 15 is 0 Å². The van der Waals surface area contributed by atoms with Gasteiger partial charge in [0, 0.05) is 24.3 Å². The Hall–Kier alpha value is -1.18. The molecule has 96 valence electrons. The molecule has 3 N–H and O–H groups in total. The van der Waals surface area contributed by atoms with Crippen LogP contribution < -0.4 is 9.84 Å². The van der Waals surface area contributed by atoms with E-state index in [2.05, 4.69) is 4.52 Å². The number of pyridine rings is 1. The Labute approximate surface area is 96.5 Å². The molecule has 0 saturated carbocycles. The number of aromatic nitrogens is 1. The summed E-state index contributed by atoms with van der Waals surface area (Å²) < 4.78 is 14.6. The van der Waals surface area contributed by atoms with E-state index in [0.717, 1.165) is 6.20 Å². The molecule has 0 aliphatic rings. The van der Waals surface area contributed by atoms with Gasteiger partial charge in [-0.3, -0.25) is 4.52 Å². The third kappa shape index (κ3) is 3.15. The van der Waals surface area contributed by atoms with Gasteiger partial charge in [0.15, 0.2) is 11.9 Å². The topological polar surface area (TPSA) is 137 Å². The molecule has 0 aliphatic carbocycles. The monoisotopic (exact) mass is 264 g/mol. The lowest BCUT2D eigenvalue weighted by Crippen LogP contribution is -2.33.